The molecule has 2 amide bonds. The molecule has 8 nitrogen and oxygen atoms in total. The summed E-state index contributed by atoms with van der Waals surface area (Å²) in [6.07, 6.45) is 2.23. The lowest BCUT2D eigenvalue weighted by molar-refractivity contribution is 0.223. The minimum atomic E-state index is -0.230. The first-order valence-electron chi connectivity index (χ1n) is 10.4. The maximum Gasteiger partial charge on any atom is 0.321 e. The third-order valence-corrected chi connectivity index (χ3v) is 5.05. The third kappa shape index (κ3) is 6.29. The van der Waals surface area contributed by atoms with E-state index < -0.39 is 0 Å². The van der Waals surface area contributed by atoms with E-state index in [1.807, 2.05) is 43.3 Å². The number of carbonyl (C=O) groups is 1. The van der Waals surface area contributed by atoms with Crippen molar-refractivity contribution >= 4 is 11.7 Å². The second-order valence-corrected chi connectivity index (χ2v) is 7.43. The number of likely N-dealkylation sites (N-methyl/N-ethyl adjacent to an activating group) is 1. The van der Waals surface area contributed by atoms with Gasteiger partial charge in [-0.25, -0.2) is 9.78 Å². The van der Waals surface area contributed by atoms with Gasteiger partial charge in [0.2, 0.25) is 5.88 Å². The van der Waals surface area contributed by atoms with Gasteiger partial charge in [-0.3, -0.25) is 0 Å². The molecule has 3 rings (SSSR count). The normalized spacial score (nSPS) is 10.3. The molecule has 0 unspecified atom stereocenters. The number of nitrogens with one attached hydrogen (secondary N) is 1. The quantitative estimate of drug-likeness (QED) is 0.498. The largest absolute Gasteiger partial charge is 0.493 e. The summed E-state index contributed by atoms with van der Waals surface area (Å²) in [5, 5.41) is 2.84. The standard InChI is InChI=1S/C25H29N3O5/c1-17-6-9-21(22(14-17)31-4)33-24-11-8-19(16-26-24)27-25(29)28(2)13-12-18-7-10-20(30-3)23(15-18)32-5/h6-11,14-16H,12-13H2,1-5H3,(H,27,29). The lowest BCUT2D eigenvalue weighted by Gasteiger charge is -2.18. The van der Waals surface area contributed by atoms with Gasteiger partial charge < -0.3 is 29.2 Å². The Hall–Kier alpha value is -3.94. The number of urea groups is 1. The summed E-state index contributed by atoms with van der Waals surface area (Å²) in [5.74, 6) is 2.94. The first-order chi connectivity index (χ1) is 15.9. The smallest absolute Gasteiger partial charge is 0.321 e. The molecule has 0 fully saturated rings. The summed E-state index contributed by atoms with van der Waals surface area (Å²) >= 11 is 0. The van der Waals surface area contributed by atoms with Crippen molar-refractivity contribution in [2.75, 3.05) is 40.2 Å². The summed E-state index contributed by atoms with van der Waals surface area (Å²) < 4.78 is 21.8. The van der Waals surface area contributed by atoms with Crippen molar-refractivity contribution in [2.45, 2.75) is 13.3 Å². The van der Waals surface area contributed by atoms with E-state index in [0.29, 0.717) is 47.5 Å². The van der Waals surface area contributed by atoms with Crippen molar-refractivity contribution in [1.29, 1.82) is 0 Å². The molecule has 1 heterocycles. The fourth-order valence-electron chi connectivity index (χ4n) is 3.14. The first-order valence-corrected chi connectivity index (χ1v) is 10.4. The van der Waals surface area contributed by atoms with Crippen molar-refractivity contribution in [2.24, 2.45) is 0 Å². The Morgan fingerprint density at radius 2 is 1.61 bits per heavy atom. The molecule has 0 spiro atoms. The second-order valence-electron chi connectivity index (χ2n) is 7.43. The first kappa shape index (κ1) is 23.7. The van der Waals surface area contributed by atoms with E-state index in [2.05, 4.69) is 10.3 Å². The lowest BCUT2D eigenvalue weighted by atomic mass is 10.1. The average molecular weight is 452 g/mol. The zero-order valence-electron chi connectivity index (χ0n) is 19.5. The van der Waals surface area contributed by atoms with Gasteiger partial charge in [0, 0.05) is 19.7 Å². The number of aryl methyl sites for hydroxylation is 1. The molecule has 33 heavy (non-hydrogen) atoms. The van der Waals surface area contributed by atoms with E-state index in [4.69, 9.17) is 18.9 Å². The Bertz CT molecular complexity index is 1090. The molecule has 174 valence electrons. The molecule has 0 atom stereocenters. The van der Waals surface area contributed by atoms with Crippen LogP contribution in [0, 0.1) is 6.92 Å². The van der Waals surface area contributed by atoms with E-state index in [1.54, 1.807) is 51.6 Å². The van der Waals surface area contributed by atoms with Crippen LogP contribution in [0.25, 0.3) is 0 Å². The molecule has 0 radical (unpaired) electrons. The van der Waals surface area contributed by atoms with Gasteiger partial charge in [-0.15, -0.1) is 0 Å². The minimum absolute atomic E-state index is 0.230. The fourth-order valence-corrected chi connectivity index (χ4v) is 3.14. The maximum absolute atomic E-state index is 12.5. The molecule has 8 heteroatoms. The monoisotopic (exact) mass is 451 g/mol. The molecule has 0 saturated carbocycles. The molecular weight excluding hydrogens is 422 g/mol. The molecule has 3 aromatic rings. The number of rotatable bonds is 9. The number of aromatic nitrogens is 1. The van der Waals surface area contributed by atoms with Crippen LogP contribution in [0.2, 0.25) is 0 Å². The van der Waals surface area contributed by atoms with E-state index in [-0.39, 0.29) is 6.03 Å². The molecule has 0 aliphatic carbocycles. The van der Waals surface area contributed by atoms with Crippen LogP contribution in [0.4, 0.5) is 10.5 Å². The van der Waals surface area contributed by atoms with Crippen molar-refractivity contribution in [3.63, 3.8) is 0 Å². The van der Waals surface area contributed by atoms with Crippen LogP contribution in [0.15, 0.2) is 54.7 Å². The number of pyridine rings is 1. The van der Waals surface area contributed by atoms with Gasteiger partial charge in [-0.1, -0.05) is 12.1 Å². The van der Waals surface area contributed by atoms with Gasteiger partial charge in [0.1, 0.15) is 0 Å². The molecule has 0 aliphatic heterocycles. The zero-order chi connectivity index (χ0) is 23.8. The van der Waals surface area contributed by atoms with Crippen LogP contribution in [0.1, 0.15) is 11.1 Å². The van der Waals surface area contributed by atoms with Crippen molar-refractivity contribution in [3.05, 3.63) is 65.9 Å². The SMILES string of the molecule is COc1ccc(CCN(C)C(=O)Nc2ccc(Oc3ccc(C)cc3OC)nc2)cc1OC. The Labute approximate surface area is 194 Å². The van der Waals surface area contributed by atoms with Crippen LogP contribution >= 0.6 is 0 Å². The fraction of sp³-hybridized carbons (Fsp3) is 0.280. The van der Waals surface area contributed by atoms with Crippen LogP contribution in [-0.2, 0) is 6.42 Å². The topological polar surface area (TPSA) is 82.2 Å². The molecule has 1 N–H and O–H groups in total. The van der Waals surface area contributed by atoms with Gasteiger partial charge in [-0.2, -0.15) is 0 Å². The number of hydrogen-bond acceptors (Lipinski definition) is 6. The van der Waals surface area contributed by atoms with Gasteiger partial charge in [0.05, 0.1) is 33.2 Å². The van der Waals surface area contributed by atoms with Crippen molar-refractivity contribution in [1.82, 2.24) is 9.88 Å². The highest BCUT2D eigenvalue weighted by Crippen LogP contribution is 2.31. The van der Waals surface area contributed by atoms with E-state index >= 15 is 0 Å². The summed E-state index contributed by atoms with van der Waals surface area (Å²) in [6.45, 7) is 2.51. The summed E-state index contributed by atoms with van der Waals surface area (Å²) in [7, 11) is 6.53. The predicted molar refractivity (Wildman–Crippen MR) is 127 cm³/mol. The summed E-state index contributed by atoms with van der Waals surface area (Å²) in [5.41, 5.74) is 2.68. The molecular formula is C25H29N3O5. The minimum Gasteiger partial charge on any atom is -0.493 e. The van der Waals surface area contributed by atoms with Gasteiger partial charge in [0.15, 0.2) is 23.0 Å². The van der Waals surface area contributed by atoms with Gasteiger partial charge in [-0.05, 0) is 54.8 Å². The molecule has 1 aromatic heterocycles. The van der Waals surface area contributed by atoms with Crippen molar-refractivity contribution < 1.29 is 23.7 Å². The highest BCUT2D eigenvalue weighted by atomic mass is 16.5. The Morgan fingerprint density at radius 1 is 0.909 bits per heavy atom. The van der Waals surface area contributed by atoms with Crippen LogP contribution in [0.5, 0.6) is 28.9 Å². The van der Waals surface area contributed by atoms with Gasteiger partial charge >= 0.3 is 6.03 Å². The molecule has 2 aromatic carbocycles. The average Bonchev–Trinajstić information content (AvgIpc) is 2.84. The summed E-state index contributed by atoms with van der Waals surface area (Å²) in [6, 6.07) is 14.6. The van der Waals surface area contributed by atoms with Gasteiger partial charge in [0.25, 0.3) is 0 Å². The Kier molecular flexibility index (Phi) is 7.96. The third-order valence-electron chi connectivity index (χ3n) is 5.05. The second kappa shape index (κ2) is 11.1. The number of anilines is 1. The number of methoxy groups -OCH3 is 3. The zero-order valence-corrected chi connectivity index (χ0v) is 19.5. The number of carbonyl (C=O) groups excluding carboxylic acids is 1. The maximum atomic E-state index is 12.5. The molecule has 0 bridgehead atoms. The highest BCUT2D eigenvalue weighted by Gasteiger charge is 2.12. The number of ether oxygens (including phenoxy) is 4. The number of nitrogens with zero attached hydrogens (tertiary/aromatic N) is 2. The highest BCUT2D eigenvalue weighted by molar-refractivity contribution is 5.88. The Balaban J connectivity index is 1.55. The summed E-state index contributed by atoms with van der Waals surface area (Å²) in [4.78, 5) is 18.4. The van der Waals surface area contributed by atoms with Crippen LogP contribution in [0.3, 0.4) is 0 Å². The van der Waals surface area contributed by atoms with Crippen LogP contribution in [-0.4, -0.2) is 50.8 Å². The number of hydrogen-bond donors (Lipinski definition) is 1. The van der Waals surface area contributed by atoms with E-state index in [1.165, 1.54) is 0 Å². The number of amides is 2. The van der Waals surface area contributed by atoms with Crippen molar-refractivity contribution in [3.8, 4) is 28.9 Å². The Morgan fingerprint density at radius 3 is 2.27 bits per heavy atom. The molecule has 0 aliphatic rings. The van der Waals surface area contributed by atoms with E-state index in [0.717, 1.165) is 11.1 Å². The number of benzene rings is 2. The lowest BCUT2D eigenvalue weighted by Crippen LogP contribution is -2.33. The van der Waals surface area contributed by atoms with Crippen LogP contribution < -0.4 is 24.3 Å². The predicted octanol–water partition coefficient (Wildman–Crippen LogP) is 4.91. The molecule has 0 saturated heterocycles. The van der Waals surface area contributed by atoms with E-state index in [9.17, 15) is 4.79 Å².